The van der Waals surface area contributed by atoms with E-state index in [0.717, 1.165) is 5.56 Å². The molecule has 1 rings (SSSR count). The van der Waals surface area contributed by atoms with Crippen LogP contribution in [0.15, 0.2) is 24.3 Å². The van der Waals surface area contributed by atoms with Crippen molar-refractivity contribution < 1.29 is 24.6 Å². The molecule has 23 heavy (non-hydrogen) atoms. The second-order valence-corrected chi connectivity index (χ2v) is 5.20. The van der Waals surface area contributed by atoms with Gasteiger partial charge in [-0.1, -0.05) is 12.1 Å². The molecule has 0 radical (unpaired) electrons. The smallest absolute Gasteiger partial charge is 0.322 e. The lowest BCUT2D eigenvalue weighted by Crippen LogP contribution is -2.53. The topological polar surface area (TPSA) is 142 Å². The summed E-state index contributed by atoms with van der Waals surface area (Å²) in [6.07, 6.45) is 0.224. The number of phenols is 1. The van der Waals surface area contributed by atoms with Crippen LogP contribution in [0.4, 0.5) is 0 Å². The maximum atomic E-state index is 12.0. The van der Waals surface area contributed by atoms with E-state index in [1.807, 2.05) is 0 Å². The minimum Gasteiger partial charge on any atom is -0.508 e. The van der Waals surface area contributed by atoms with Gasteiger partial charge in [0.05, 0.1) is 6.04 Å². The van der Waals surface area contributed by atoms with Crippen molar-refractivity contribution in [3.63, 3.8) is 0 Å². The standard InChI is InChI=1S/C14H19N3O5S/c15-10(5-8-1-3-9(18)4-2-8)13(21)17-11(7-23)14(22)16-6-12(19)20/h1-4,10-11,18,23H,5-7,15H2,(H,16,22)(H,17,21)(H,19,20)/t10-,11-/m0/s1. The first-order valence-electron chi connectivity index (χ1n) is 6.77. The van der Waals surface area contributed by atoms with Crippen LogP contribution in [0.2, 0.25) is 0 Å². The van der Waals surface area contributed by atoms with Crippen molar-refractivity contribution in [1.29, 1.82) is 0 Å². The van der Waals surface area contributed by atoms with E-state index < -0.39 is 36.4 Å². The van der Waals surface area contributed by atoms with Gasteiger partial charge in [0.2, 0.25) is 11.8 Å². The van der Waals surface area contributed by atoms with E-state index in [2.05, 4.69) is 23.3 Å². The summed E-state index contributed by atoms with van der Waals surface area (Å²) in [7, 11) is 0. The van der Waals surface area contributed by atoms with Crippen molar-refractivity contribution in [3.05, 3.63) is 29.8 Å². The Morgan fingerprint density at radius 3 is 2.30 bits per heavy atom. The predicted octanol–water partition coefficient (Wildman–Crippen LogP) is -1.12. The lowest BCUT2D eigenvalue weighted by atomic mass is 10.1. The summed E-state index contributed by atoms with van der Waals surface area (Å²) in [5.74, 6) is -2.28. The zero-order valence-corrected chi connectivity index (χ0v) is 13.1. The van der Waals surface area contributed by atoms with Gasteiger partial charge in [-0.2, -0.15) is 12.6 Å². The molecular weight excluding hydrogens is 322 g/mol. The Morgan fingerprint density at radius 1 is 1.17 bits per heavy atom. The number of carboxylic acids is 1. The number of carboxylic acid groups (broad SMARTS) is 1. The van der Waals surface area contributed by atoms with Crippen molar-refractivity contribution in [3.8, 4) is 5.75 Å². The van der Waals surface area contributed by atoms with Crippen LogP contribution in [0.25, 0.3) is 0 Å². The van der Waals surface area contributed by atoms with Gasteiger partial charge in [0.15, 0.2) is 0 Å². The summed E-state index contributed by atoms with van der Waals surface area (Å²) in [4.78, 5) is 34.1. The average molecular weight is 341 g/mol. The van der Waals surface area contributed by atoms with E-state index in [1.54, 1.807) is 12.1 Å². The van der Waals surface area contributed by atoms with Crippen LogP contribution in [0, 0.1) is 0 Å². The molecular formula is C14H19N3O5S. The first kappa shape index (κ1) is 18.8. The molecule has 0 spiro atoms. The average Bonchev–Trinajstić information content (AvgIpc) is 2.52. The van der Waals surface area contributed by atoms with Gasteiger partial charge in [0.25, 0.3) is 0 Å². The van der Waals surface area contributed by atoms with E-state index in [4.69, 9.17) is 10.8 Å². The normalized spacial score (nSPS) is 13.0. The SMILES string of the molecule is N[C@@H](Cc1ccc(O)cc1)C(=O)N[C@@H](CS)C(=O)NCC(=O)O. The number of carbonyl (C=O) groups excluding carboxylic acids is 2. The summed E-state index contributed by atoms with van der Waals surface area (Å²) < 4.78 is 0. The van der Waals surface area contributed by atoms with E-state index in [0.29, 0.717) is 0 Å². The van der Waals surface area contributed by atoms with Crippen LogP contribution in [-0.4, -0.2) is 52.4 Å². The molecule has 8 nitrogen and oxygen atoms in total. The number of nitrogens with one attached hydrogen (secondary N) is 2. The summed E-state index contributed by atoms with van der Waals surface area (Å²) in [5.41, 5.74) is 6.54. The van der Waals surface area contributed by atoms with Gasteiger partial charge in [-0.3, -0.25) is 14.4 Å². The number of aliphatic carboxylic acids is 1. The number of hydrogen-bond acceptors (Lipinski definition) is 6. The van der Waals surface area contributed by atoms with Crippen molar-refractivity contribution in [1.82, 2.24) is 10.6 Å². The Balaban J connectivity index is 2.55. The molecule has 0 saturated heterocycles. The molecule has 0 saturated carbocycles. The van der Waals surface area contributed by atoms with Crippen LogP contribution in [-0.2, 0) is 20.8 Å². The summed E-state index contributed by atoms with van der Waals surface area (Å²) >= 11 is 3.96. The molecule has 1 aromatic carbocycles. The minimum absolute atomic E-state index is 0.00310. The van der Waals surface area contributed by atoms with Gasteiger partial charge >= 0.3 is 5.97 Å². The maximum Gasteiger partial charge on any atom is 0.322 e. The highest BCUT2D eigenvalue weighted by Gasteiger charge is 2.23. The molecule has 0 aliphatic carbocycles. The first-order chi connectivity index (χ1) is 10.8. The molecule has 9 heteroatoms. The van der Waals surface area contributed by atoms with Crippen LogP contribution in [0.5, 0.6) is 5.75 Å². The van der Waals surface area contributed by atoms with E-state index in [-0.39, 0.29) is 17.9 Å². The fraction of sp³-hybridized carbons (Fsp3) is 0.357. The third-order valence-electron chi connectivity index (χ3n) is 2.96. The lowest BCUT2D eigenvalue weighted by Gasteiger charge is -2.19. The van der Waals surface area contributed by atoms with Gasteiger partial charge in [-0.05, 0) is 24.1 Å². The number of thiol groups is 1. The maximum absolute atomic E-state index is 12.0. The molecule has 0 fully saturated rings. The van der Waals surface area contributed by atoms with E-state index >= 15 is 0 Å². The fourth-order valence-corrected chi connectivity index (χ4v) is 1.99. The predicted molar refractivity (Wildman–Crippen MR) is 86.2 cm³/mol. The number of rotatable bonds is 8. The Bertz CT molecular complexity index is 564. The number of benzene rings is 1. The monoisotopic (exact) mass is 341 g/mol. The zero-order valence-electron chi connectivity index (χ0n) is 12.2. The largest absolute Gasteiger partial charge is 0.508 e. The molecule has 0 aliphatic heterocycles. The van der Waals surface area contributed by atoms with Crippen molar-refractivity contribution >= 4 is 30.4 Å². The number of phenolic OH excluding ortho intramolecular Hbond substituents is 1. The lowest BCUT2D eigenvalue weighted by molar-refractivity contribution is -0.138. The van der Waals surface area contributed by atoms with Crippen LogP contribution in [0.1, 0.15) is 5.56 Å². The third kappa shape index (κ3) is 6.57. The van der Waals surface area contributed by atoms with Crippen molar-refractivity contribution in [2.24, 2.45) is 5.73 Å². The fourth-order valence-electron chi connectivity index (χ4n) is 1.74. The Labute approximate surface area is 138 Å². The summed E-state index contributed by atoms with van der Waals surface area (Å²) in [6, 6.07) is 4.37. The molecule has 2 atom stereocenters. The minimum atomic E-state index is -1.19. The summed E-state index contributed by atoms with van der Waals surface area (Å²) in [5, 5.41) is 22.3. The number of amides is 2. The highest BCUT2D eigenvalue weighted by Crippen LogP contribution is 2.10. The van der Waals surface area contributed by atoms with Gasteiger partial charge in [0.1, 0.15) is 18.3 Å². The van der Waals surface area contributed by atoms with E-state index in [9.17, 15) is 19.5 Å². The molecule has 6 N–H and O–H groups in total. The van der Waals surface area contributed by atoms with Gasteiger partial charge in [-0.15, -0.1) is 0 Å². The molecule has 0 aliphatic rings. The Kier molecular flexibility index (Phi) is 7.36. The van der Waals surface area contributed by atoms with Crippen LogP contribution in [0.3, 0.4) is 0 Å². The first-order valence-corrected chi connectivity index (χ1v) is 7.41. The Hall–Kier alpha value is -2.26. The molecule has 2 amide bonds. The van der Waals surface area contributed by atoms with E-state index in [1.165, 1.54) is 12.1 Å². The third-order valence-corrected chi connectivity index (χ3v) is 3.32. The molecule has 0 heterocycles. The number of nitrogens with two attached hydrogens (primary N) is 1. The number of hydrogen-bond donors (Lipinski definition) is 6. The number of aromatic hydroxyl groups is 1. The second kappa shape index (κ2) is 9.01. The molecule has 0 unspecified atom stereocenters. The molecule has 0 aromatic heterocycles. The van der Waals surface area contributed by atoms with Gasteiger partial charge < -0.3 is 26.6 Å². The van der Waals surface area contributed by atoms with Crippen LogP contribution < -0.4 is 16.4 Å². The highest BCUT2D eigenvalue weighted by atomic mass is 32.1. The van der Waals surface area contributed by atoms with Gasteiger partial charge in [-0.25, -0.2) is 0 Å². The summed E-state index contributed by atoms with van der Waals surface area (Å²) in [6.45, 7) is -0.543. The highest BCUT2D eigenvalue weighted by molar-refractivity contribution is 7.80. The zero-order chi connectivity index (χ0) is 17.4. The van der Waals surface area contributed by atoms with Crippen molar-refractivity contribution in [2.75, 3.05) is 12.3 Å². The second-order valence-electron chi connectivity index (χ2n) is 4.83. The molecule has 0 bridgehead atoms. The molecule has 1 aromatic rings. The Morgan fingerprint density at radius 2 is 1.78 bits per heavy atom. The van der Waals surface area contributed by atoms with Crippen LogP contribution >= 0.6 is 12.6 Å². The molecule has 126 valence electrons. The quantitative estimate of drug-likeness (QED) is 0.331. The number of carbonyl (C=O) groups is 3. The van der Waals surface area contributed by atoms with Crippen molar-refractivity contribution in [2.45, 2.75) is 18.5 Å². The van der Waals surface area contributed by atoms with Gasteiger partial charge in [0, 0.05) is 5.75 Å².